The van der Waals surface area contributed by atoms with Crippen molar-refractivity contribution in [3.8, 4) is 5.75 Å². The summed E-state index contributed by atoms with van der Waals surface area (Å²) >= 11 is 0. The topological polar surface area (TPSA) is 27.7 Å². The largest absolute Gasteiger partial charge is 0.497 e. The molecular weight excluding hydrogens is 276 g/mol. The molecule has 0 N–H and O–H groups in total. The van der Waals surface area contributed by atoms with Crippen molar-refractivity contribution in [1.29, 1.82) is 0 Å². The van der Waals surface area contributed by atoms with Gasteiger partial charge in [0.05, 0.1) is 19.8 Å². The van der Waals surface area contributed by atoms with E-state index in [4.69, 9.17) is 14.2 Å². The zero-order valence-corrected chi connectivity index (χ0v) is 14.8. The van der Waals surface area contributed by atoms with Crippen LogP contribution in [-0.4, -0.2) is 25.6 Å². The SMILES string of the molecule is COc1ccc(CCC2(C)OCC(C)(C)C(C(C)C)O2)cc1. The second-order valence-electron chi connectivity index (χ2n) is 7.54. The Morgan fingerprint density at radius 3 is 2.36 bits per heavy atom. The van der Waals surface area contributed by atoms with E-state index in [1.54, 1.807) is 7.11 Å². The molecular formula is C19H30O3. The van der Waals surface area contributed by atoms with Crippen molar-refractivity contribution in [3.63, 3.8) is 0 Å². The Bertz CT molecular complexity index is 478. The monoisotopic (exact) mass is 306 g/mol. The van der Waals surface area contributed by atoms with Gasteiger partial charge >= 0.3 is 0 Å². The first kappa shape index (κ1) is 17.3. The first-order chi connectivity index (χ1) is 10.3. The van der Waals surface area contributed by atoms with Crippen molar-refractivity contribution in [2.24, 2.45) is 11.3 Å². The quantitative estimate of drug-likeness (QED) is 0.805. The molecule has 2 rings (SSSR count). The van der Waals surface area contributed by atoms with Crippen LogP contribution in [0.25, 0.3) is 0 Å². The van der Waals surface area contributed by atoms with Crippen LogP contribution >= 0.6 is 0 Å². The molecule has 3 nitrogen and oxygen atoms in total. The van der Waals surface area contributed by atoms with E-state index in [2.05, 4.69) is 46.8 Å². The number of hydrogen-bond donors (Lipinski definition) is 0. The highest BCUT2D eigenvalue weighted by Crippen LogP contribution is 2.40. The van der Waals surface area contributed by atoms with Crippen molar-refractivity contribution in [1.82, 2.24) is 0 Å². The second kappa shape index (κ2) is 6.59. The highest BCUT2D eigenvalue weighted by molar-refractivity contribution is 5.27. The number of benzene rings is 1. The molecule has 1 aromatic carbocycles. The highest BCUT2D eigenvalue weighted by Gasteiger charge is 2.44. The summed E-state index contributed by atoms with van der Waals surface area (Å²) in [6.07, 6.45) is 2.02. The van der Waals surface area contributed by atoms with Crippen molar-refractivity contribution in [3.05, 3.63) is 29.8 Å². The fourth-order valence-electron chi connectivity index (χ4n) is 3.22. The van der Waals surface area contributed by atoms with Crippen LogP contribution in [0.5, 0.6) is 5.75 Å². The molecule has 3 heteroatoms. The van der Waals surface area contributed by atoms with E-state index < -0.39 is 5.79 Å². The lowest BCUT2D eigenvalue weighted by Gasteiger charge is -2.49. The molecule has 2 unspecified atom stereocenters. The average molecular weight is 306 g/mol. The minimum absolute atomic E-state index is 0.0633. The smallest absolute Gasteiger partial charge is 0.166 e. The van der Waals surface area contributed by atoms with Gasteiger partial charge in [0.25, 0.3) is 0 Å². The van der Waals surface area contributed by atoms with Gasteiger partial charge in [-0.2, -0.15) is 0 Å². The van der Waals surface area contributed by atoms with Gasteiger partial charge in [-0.15, -0.1) is 0 Å². The van der Waals surface area contributed by atoms with Crippen LogP contribution in [0.2, 0.25) is 0 Å². The summed E-state index contributed by atoms with van der Waals surface area (Å²) in [6, 6.07) is 8.21. The summed E-state index contributed by atoms with van der Waals surface area (Å²) in [7, 11) is 1.69. The summed E-state index contributed by atoms with van der Waals surface area (Å²) in [4.78, 5) is 0. The molecule has 0 aliphatic carbocycles. The van der Waals surface area contributed by atoms with Gasteiger partial charge in [0.15, 0.2) is 5.79 Å². The Morgan fingerprint density at radius 1 is 1.18 bits per heavy atom. The second-order valence-corrected chi connectivity index (χ2v) is 7.54. The Morgan fingerprint density at radius 2 is 1.82 bits per heavy atom. The highest BCUT2D eigenvalue weighted by atomic mass is 16.7. The average Bonchev–Trinajstić information content (AvgIpc) is 2.48. The minimum atomic E-state index is -0.496. The molecule has 1 aromatic rings. The summed E-state index contributed by atoms with van der Waals surface area (Å²) in [5, 5.41) is 0. The molecule has 1 fully saturated rings. The predicted molar refractivity (Wildman–Crippen MR) is 89.2 cm³/mol. The van der Waals surface area contributed by atoms with Gasteiger partial charge in [0.1, 0.15) is 5.75 Å². The number of aryl methyl sites for hydroxylation is 1. The van der Waals surface area contributed by atoms with E-state index in [0.717, 1.165) is 25.2 Å². The van der Waals surface area contributed by atoms with Crippen molar-refractivity contribution in [2.45, 2.75) is 59.4 Å². The molecule has 0 amide bonds. The fraction of sp³-hybridized carbons (Fsp3) is 0.684. The Hall–Kier alpha value is -1.06. The molecule has 0 aromatic heterocycles. The van der Waals surface area contributed by atoms with E-state index in [1.165, 1.54) is 5.56 Å². The molecule has 22 heavy (non-hydrogen) atoms. The molecule has 0 spiro atoms. The molecule has 1 heterocycles. The molecule has 1 aliphatic heterocycles. The van der Waals surface area contributed by atoms with Crippen molar-refractivity contribution in [2.75, 3.05) is 13.7 Å². The van der Waals surface area contributed by atoms with E-state index in [-0.39, 0.29) is 11.5 Å². The maximum atomic E-state index is 6.37. The zero-order chi connectivity index (χ0) is 16.4. The summed E-state index contributed by atoms with van der Waals surface area (Å²) < 4.78 is 17.6. The number of ether oxygens (including phenoxy) is 3. The minimum Gasteiger partial charge on any atom is -0.497 e. The number of hydrogen-bond acceptors (Lipinski definition) is 3. The van der Waals surface area contributed by atoms with Gasteiger partial charge in [0, 0.05) is 11.8 Å². The normalized spacial score (nSPS) is 27.9. The molecule has 0 bridgehead atoms. The first-order valence-corrected chi connectivity index (χ1v) is 8.20. The summed E-state index contributed by atoms with van der Waals surface area (Å²) in [5.41, 5.74) is 1.34. The third-order valence-corrected chi connectivity index (χ3v) is 4.53. The van der Waals surface area contributed by atoms with E-state index >= 15 is 0 Å². The van der Waals surface area contributed by atoms with Crippen molar-refractivity contribution >= 4 is 0 Å². The van der Waals surface area contributed by atoms with Gasteiger partial charge in [0.2, 0.25) is 0 Å². The van der Waals surface area contributed by atoms with Gasteiger partial charge in [-0.05, 0) is 37.0 Å². The maximum absolute atomic E-state index is 6.37. The van der Waals surface area contributed by atoms with Crippen LogP contribution in [0.4, 0.5) is 0 Å². The fourth-order valence-corrected chi connectivity index (χ4v) is 3.22. The van der Waals surface area contributed by atoms with Gasteiger partial charge < -0.3 is 14.2 Å². The Kier molecular flexibility index (Phi) is 5.18. The van der Waals surface area contributed by atoms with Crippen LogP contribution in [0.1, 0.15) is 46.6 Å². The molecule has 1 saturated heterocycles. The van der Waals surface area contributed by atoms with Crippen LogP contribution in [-0.2, 0) is 15.9 Å². The summed E-state index contributed by atoms with van der Waals surface area (Å²) in [5.74, 6) is 0.880. The van der Waals surface area contributed by atoms with Crippen molar-refractivity contribution < 1.29 is 14.2 Å². The maximum Gasteiger partial charge on any atom is 0.166 e. The number of rotatable bonds is 5. The molecule has 124 valence electrons. The Labute approximate surface area is 135 Å². The zero-order valence-electron chi connectivity index (χ0n) is 14.8. The molecule has 2 atom stereocenters. The summed E-state index contributed by atoms with van der Waals surface area (Å²) in [6.45, 7) is 11.7. The van der Waals surface area contributed by atoms with E-state index in [0.29, 0.717) is 5.92 Å². The van der Waals surface area contributed by atoms with E-state index in [1.807, 2.05) is 12.1 Å². The lowest BCUT2D eigenvalue weighted by molar-refractivity contribution is -0.330. The van der Waals surface area contributed by atoms with E-state index in [9.17, 15) is 0 Å². The Balaban J connectivity index is 1.99. The third kappa shape index (κ3) is 4.02. The molecule has 1 aliphatic rings. The first-order valence-electron chi connectivity index (χ1n) is 8.20. The van der Waals surface area contributed by atoms with Gasteiger partial charge in [-0.3, -0.25) is 0 Å². The number of methoxy groups -OCH3 is 1. The predicted octanol–water partition coefficient (Wildman–Crippen LogP) is 4.44. The molecule has 0 saturated carbocycles. The van der Waals surface area contributed by atoms with Gasteiger partial charge in [-0.1, -0.05) is 39.8 Å². The lowest BCUT2D eigenvalue weighted by atomic mass is 9.80. The van der Waals surface area contributed by atoms with Crippen LogP contribution in [0.15, 0.2) is 24.3 Å². The van der Waals surface area contributed by atoms with Crippen LogP contribution in [0.3, 0.4) is 0 Å². The van der Waals surface area contributed by atoms with Crippen LogP contribution < -0.4 is 4.74 Å². The third-order valence-electron chi connectivity index (χ3n) is 4.53. The standard InChI is InChI=1S/C19H30O3/c1-14(2)17-18(3,4)13-21-19(5,22-17)12-11-15-7-9-16(20-6)10-8-15/h7-10,14,17H,11-13H2,1-6H3. The molecule has 0 radical (unpaired) electrons. The van der Waals surface area contributed by atoms with Gasteiger partial charge in [-0.25, -0.2) is 0 Å². The lowest BCUT2D eigenvalue weighted by Crippen LogP contribution is -2.53. The van der Waals surface area contributed by atoms with Crippen LogP contribution in [0, 0.1) is 11.3 Å².